The van der Waals surface area contributed by atoms with E-state index in [0.29, 0.717) is 16.7 Å². The molecular weight excluding hydrogens is 158 g/mol. The fraction of sp³-hybridized carbons (Fsp3) is 0.833. The van der Waals surface area contributed by atoms with Gasteiger partial charge in [0.2, 0.25) is 0 Å². The first-order chi connectivity index (χ1) is 5.71. The SMILES string of the molecule is CC(C)=CC(N)C1C(C)(C)C1(C)C. The van der Waals surface area contributed by atoms with Gasteiger partial charge in [0.1, 0.15) is 0 Å². The van der Waals surface area contributed by atoms with E-state index in [9.17, 15) is 0 Å². The quantitative estimate of drug-likeness (QED) is 0.651. The Bertz CT molecular complexity index is 218. The Balaban J connectivity index is 2.74. The van der Waals surface area contributed by atoms with Crippen molar-refractivity contribution in [3.63, 3.8) is 0 Å². The van der Waals surface area contributed by atoms with Crippen LogP contribution in [-0.4, -0.2) is 6.04 Å². The maximum absolute atomic E-state index is 6.15. The second kappa shape index (κ2) is 2.84. The molecule has 0 radical (unpaired) electrons. The molecule has 13 heavy (non-hydrogen) atoms. The van der Waals surface area contributed by atoms with Crippen LogP contribution in [0.1, 0.15) is 41.5 Å². The molecule has 0 amide bonds. The third kappa shape index (κ3) is 1.54. The van der Waals surface area contributed by atoms with Crippen LogP contribution in [0.25, 0.3) is 0 Å². The highest BCUT2D eigenvalue weighted by Crippen LogP contribution is 2.69. The molecule has 0 aliphatic heterocycles. The summed E-state index contributed by atoms with van der Waals surface area (Å²) >= 11 is 0. The monoisotopic (exact) mass is 181 g/mol. The molecule has 1 aliphatic carbocycles. The molecule has 0 spiro atoms. The van der Waals surface area contributed by atoms with Crippen molar-refractivity contribution in [2.24, 2.45) is 22.5 Å². The summed E-state index contributed by atoms with van der Waals surface area (Å²) in [5.41, 5.74) is 8.28. The molecule has 1 aliphatic rings. The topological polar surface area (TPSA) is 26.0 Å². The van der Waals surface area contributed by atoms with Gasteiger partial charge >= 0.3 is 0 Å². The first kappa shape index (κ1) is 10.8. The minimum Gasteiger partial charge on any atom is -0.324 e. The molecule has 76 valence electrons. The van der Waals surface area contributed by atoms with Gasteiger partial charge in [-0.15, -0.1) is 0 Å². The Kier molecular flexibility index (Phi) is 2.36. The maximum atomic E-state index is 6.15. The van der Waals surface area contributed by atoms with Crippen molar-refractivity contribution in [2.45, 2.75) is 47.6 Å². The largest absolute Gasteiger partial charge is 0.324 e. The summed E-state index contributed by atoms with van der Waals surface area (Å²) in [4.78, 5) is 0. The van der Waals surface area contributed by atoms with Crippen LogP contribution in [0.15, 0.2) is 11.6 Å². The number of hydrogen-bond acceptors (Lipinski definition) is 1. The lowest BCUT2D eigenvalue weighted by Gasteiger charge is -2.09. The molecule has 1 atom stereocenters. The molecule has 0 heterocycles. The van der Waals surface area contributed by atoms with Gasteiger partial charge in [-0.3, -0.25) is 0 Å². The van der Waals surface area contributed by atoms with E-state index in [0.717, 1.165) is 0 Å². The van der Waals surface area contributed by atoms with Crippen LogP contribution >= 0.6 is 0 Å². The van der Waals surface area contributed by atoms with Gasteiger partial charge in [0, 0.05) is 6.04 Å². The predicted molar refractivity (Wildman–Crippen MR) is 58.5 cm³/mol. The van der Waals surface area contributed by atoms with Crippen molar-refractivity contribution >= 4 is 0 Å². The Morgan fingerprint density at radius 1 is 1.15 bits per heavy atom. The molecule has 1 heteroatoms. The Hall–Kier alpha value is -0.300. The lowest BCUT2D eigenvalue weighted by molar-refractivity contribution is 0.457. The van der Waals surface area contributed by atoms with Crippen LogP contribution in [0.5, 0.6) is 0 Å². The van der Waals surface area contributed by atoms with Crippen LogP contribution in [-0.2, 0) is 0 Å². The van der Waals surface area contributed by atoms with Gasteiger partial charge in [0.15, 0.2) is 0 Å². The zero-order valence-electron chi connectivity index (χ0n) is 9.81. The van der Waals surface area contributed by atoms with E-state index in [1.165, 1.54) is 5.57 Å². The van der Waals surface area contributed by atoms with Gasteiger partial charge in [-0.2, -0.15) is 0 Å². The summed E-state index contributed by atoms with van der Waals surface area (Å²) in [5.74, 6) is 0.634. The smallest absolute Gasteiger partial charge is 0.0265 e. The minimum atomic E-state index is 0.231. The molecule has 1 nitrogen and oxygen atoms in total. The summed E-state index contributed by atoms with van der Waals surface area (Å²) in [6.45, 7) is 13.5. The summed E-state index contributed by atoms with van der Waals surface area (Å²) < 4.78 is 0. The first-order valence-electron chi connectivity index (χ1n) is 5.12. The molecule has 1 rings (SSSR count). The van der Waals surface area contributed by atoms with E-state index in [1.54, 1.807) is 0 Å². The average molecular weight is 181 g/mol. The van der Waals surface area contributed by atoms with Crippen molar-refractivity contribution in [1.29, 1.82) is 0 Å². The van der Waals surface area contributed by atoms with Crippen molar-refractivity contribution in [2.75, 3.05) is 0 Å². The van der Waals surface area contributed by atoms with Gasteiger partial charge < -0.3 is 5.73 Å². The standard InChI is InChI=1S/C12H23N/c1-8(2)7-9(13)10-11(3,4)12(10,5)6/h7,9-10H,13H2,1-6H3. The molecule has 0 saturated heterocycles. The fourth-order valence-electron chi connectivity index (χ4n) is 2.69. The van der Waals surface area contributed by atoms with Gasteiger partial charge in [0.25, 0.3) is 0 Å². The highest BCUT2D eigenvalue weighted by Gasteiger charge is 2.66. The van der Waals surface area contributed by atoms with Crippen molar-refractivity contribution in [3.05, 3.63) is 11.6 Å². The third-order valence-electron chi connectivity index (χ3n) is 4.04. The molecule has 0 aromatic carbocycles. The van der Waals surface area contributed by atoms with Crippen LogP contribution in [0.2, 0.25) is 0 Å². The van der Waals surface area contributed by atoms with Gasteiger partial charge in [-0.1, -0.05) is 39.3 Å². The van der Waals surface area contributed by atoms with E-state index in [4.69, 9.17) is 5.73 Å². The summed E-state index contributed by atoms with van der Waals surface area (Å²) in [6.07, 6.45) is 2.20. The molecule has 1 saturated carbocycles. The molecule has 0 aromatic heterocycles. The first-order valence-corrected chi connectivity index (χ1v) is 5.12. The van der Waals surface area contributed by atoms with E-state index < -0.39 is 0 Å². The third-order valence-corrected chi connectivity index (χ3v) is 4.04. The highest BCUT2D eigenvalue weighted by molar-refractivity contribution is 5.20. The van der Waals surface area contributed by atoms with Crippen LogP contribution in [0, 0.1) is 16.7 Å². The zero-order valence-corrected chi connectivity index (χ0v) is 9.81. The summed E-state index contributed by atoms with van der Waals surface area (Å²) in [6, 6.07) is 0.231. The average Bonchev–Trinajstić information content (AvgIpc) is 2.20. The minimum absolute atomic E-state index is 0.231. The van der Waals surface area contributed by atoms with E-state index in [1.807, 2.05) is 0 Å². The predicted octanol–water partition coefficient (Wildman–Crippen LogP) is 2.96. The fourth-order valence-corrected chi connectivity index (χ4v) is 2.69. The zero-order chi connectivity index (χ0) is 10.4. The second-order valence-electron chi connectivity index (χ2n) is 5.74. The molecule has 1 unspecified atom stereocenters. The number of allylic oxidation sites excluding steroid dienone is 1. The number of nitrogens with two attached hydrogens (primary N) is 1. The summed E-state index contributed by atoms with van der Waals surface area (Å²) in [5, 5.41) is 0. The van der Waals surface area contributed by atoms with Gasteiger partial charge in [-0.05, 0) is 30.6 Å². The molecule has 2 N–H and O–H groups in total. The lowest BCUT2D eigenvalue weighted by Crippen LogP contribution is -2.23. The van der Waals surface area contributed by atoms with Crippen LogP contribution in [0.4, 0.5) is 0 Å². The number of hydrogen-bond donors (Lipinski definition) is 1. The van der Waals surface area contributed by atoms with E-state index >= 15 is 0 Å². The highest BCUT2D eigenvalue weighted by atomic mass is 14.8. The maximum Gasteiger partial charge on any atom is 0.0265 e. The second-order valence-corrected chi connectivity index (χ2v) is 5.74. The lowest BCUT2D eigenvalue weighted by atomic mass is 10.0. The number of rotatable bonds is 2. The Morgan fingerprint density at radius 3 is 1.77 bits per heavy atom. The normalized spacial score (nSPS) is 26.7. The summed E-state index contributed by atoms with van der Waals surface area (Å²) in [7, 11) is 0. The van der Waals surface area contributed by atoms with Crippen molar-refractivity contribution in [1.82, 2.24) is 0 Å². The molecular formula is C12H23N. The van der Waals surface area contributed by atoms with E-state index in [2.05, 4.69) is 47.6 Å². The van der Waals surface area contributed by atoms with Gasteiger partial charge in [0.05, 0.1) is 0 Å². The van der Waals surface area contributed by atoms with Gasteiger partial charge in [-0.25, -0.2) is 0 Å². The molecule has 1 fully saturated rings. The van der Waals surface area contributed by atoms with Crippen molar-refractivity contribution in [3.8, 4) is 0 Å². The van der Waals surface area contributed by atoms with Crippen molar-refractivity contribution < 1.29 is 0 Å². The van der Waals surface area contributed by atoms with E-state index in [-0.39, 0.29) is 6.04 Å². The van der Waals surface area contributed by atoms with Crippen LogP contribution < -0.4 is 5.73 Å². The molecule has 0 bridgehead atoms. The molecule has 0 aromatic rings. The Labute approximate surface area is 82.4 Å². The Morgan fingerprint density at radius 2 is 1.54 bits per heavy atom. The van der Waals surface area contributed by atoms with Crippen LogP contribution in [0.3, 0.4) is 0 Å².